The fourth-order valence-corrected chi connectivity index (χ4v) is 2.00. The van der Waals surface area contributed by atoms with Crippen molar-refractivity contribution in [3.63, 3.8) is 0 Å². The van der Waals surface area contributed by atoms with E-state index in [0.29, 0.717) is 5.33 Å². The molecule has 1 rings (SSSR count). The molecule has 92 valence electrons. The van der Waals surface area contributed by atoms with E-state index in [1.54, 1.807) is 0 Å². The Balaban J connectivity index is 2.76. The minimum atomic E-state index is -1.28. The largest absolute Gasteiger partial charge is 0.456 e. The molecule has 6 nitrogen and oxygen atoms in total. The van der Waals surface area contributed by atoms with Gasteiger partial charge in [0, 0.05) is 19.2 Å². The molecule has 4 atom stereocenters. The van der Waals surface area contributed by atoms with E-state index in [1.165, 1.54) is 13.8 Å². The fourth-order valence-electron chi connectivity index (χ4n) is 1.48. The Labute approximate surface area is 101 Å². The van der Waals surface area contributed by atoms with Crippen LogP contribution in [0.15, 0.2) is 0 Å². The van der Waals surface area contributed by atoms with Gasteiger partial charge in [0.15, 0.2) is 18.5 Å². The molecular formula is C9H13BrO6. The third-order valence-electron chi connectivity index (χ3n) is 2.04. The van der Waals surface area contributed by atoms with E-state index >= 15 is 0 Å². The number of carbonyl (C=O) groups is 2. The number of hydrogen-bond donors (Lipinski definition) is 1. The first kappa shape index (κ1) is 13.4. The molecule has 0 aromatic heterocycles. The summed E-state index contributed by atoms with van der Waals surface area (Å²) in [6.07, 6.45) is -3.60. The second kappa shape index (κ2) is 5.60. The van der Waals surface area contributed by atoms with Crippen LogP contribution in [0.25, 0.3) is 0 Å². The number of hydrogen-bond acceptors (Lipinski definition) is 6. The molecule has 0 bridgehead atoms. The van der Waals surface area contributed by atoms with Crippen molar-refractivity contribution in [1.82, 2.24) is 0 Å². The average molecular weight is 297 g/mol. The number of ether oxygens (including phenoxy) is 3. The minimum Gasteiger partial charge on any atom is -0.456 e. The molecule has 7 heteroatoms. The van der Waals surface area contributed by atoms with Crippen LogP contribution in [-0.4, -0.2) is 47.0 Å². The van der Waals surface area contributed by atoms with Crippen molar-refractivity contribution in [1.29, 1.82) is 0 Å². The smallest absolute Gasteiger partial charge is 0.303 e. The summed E-state index contributed by atoms with van der Waals surface area (Å²) >= 11 is 3.16. The lowest BCUT2D eigenvalue weighted by molar-refractivity contribution is -0.174. The molecule has 0 unspecified atom stereocenters. The summed E-state index contributed by atoms with van der Waals surface area (Å²) < 4.78 is 14.9. The molecule has 1 heterocycles. The first-order chi connectivity index (χ1) is 7.45. The third-order valence-corrected chi connectivity index (χ3v) is 2.68. The van der Waals surface area contributed by atoms with Gasteiger partial charge in [-0.25, -0.2) is 0 Å². The van der Waals surface area contributed by atoms with Crippen molar-refractivity contribution < 1.29 is 28.9 Å². The van der Waals surface area contributed by atoms with Gasteiger partial charge in [-0.2, -0.15) is 0 Å². The molecule has 0 saturated carbocycles. The van der Waals surface area contributed by atoms with Crippen LogP contribution in [0.3, 0.4) is 0 Å². The first-order valence-electron chi connectivity index (χ1n) is 4.69. The molecule has 16 heavy (non-hydrogen) atoms. The van der Waals surface area contributed by atoms with Crippen LogP contribution in [-0.2, 0) is 23.8 Å². The number of esters is 2. The second-order valence-corrected chi connectivity index (χ2v) is 4.01. The van der Waals surface area contributed by atoms with Gasteiger partial charge in [0.2, 0.25) is 0 Å². The Hall–Kier alpha value is -0.660. The minimum absolute atomic E-state index is 0.361. The predicted octanol–water partition coefficient (Wildman–Crippen LogP) is -0.0381. The van der Waals surface area contributed by atoms with E-state index in [0.717, 1.165) is 0 Å². The van der Waals surface area contributed by atoms with Gasteiger partial charge < -0.3 is 19.3 Å². The van der Waals surface area contributed by atoms with E-state index in [-0.39, 0.29) is 0 Å². The van der Waals surface area contributed by atoms with Gasteiger partial charge in [0.05, 0.1) is 0 Å². The number of aliphatic hydroxyl groups is 1. The summed E-state index contributed by atoms with van der Waals surface area (Å²) in [5, 5.41) is 9.87. The van der Waals surface area contributed by atoms with Crippen molar-refractivity contribution in [2.75, 3.05) is 5.33 Å². The Morgan fingerprint density at radius 2 is 1.75 bits per heavy atom. The number of halogens is 1. The highest BCUT2D eigenvalue weighted by molar-refractivity contribution is 9.09. The van der Waals surface area contributed by atoms with E-state index in [9.17, 15) is 14.7 Å². The van der Waals surface area contributed by atoms with Gasteiger partial charge in [-0.3, -0.25) is 9.59 Å². The van der Waals surface area contributed by atoms with Crippen molar-refractivity contribution in [2.24, 2.45) is 0 Å². The van der Waals surface area contributed by atoms with Crippen LogP contribution < -0.4 is 0 Å². The number of aliphatic hydroxyl groups excluding tert-OH is 1. The molecule has 1 saturated heterocycles. The zero-order valence-corrected chi connectivity index (χ0v) is 10.5. The number of rotatable bonds is 3. The van der Waals surface area contributed by atoms with E-state index < -0.39 is 36.5 Å². The SMILES string of the molecule is CC(=O)O[C@@H]1[C@H](OC(C)=O)[C@@H](CBr)O[C@H]1O. The summed E-state index contributed by atoms with van der Waals surface area (Å²) in [6, 6.07) is 0. The van der Waals surface area contributed by atoms with Crippen LogP contribution in [0.4, 0.5) is 0 Å². The van der Waals surface area contributed by atoms with Gasteiger partial charge in [-0.05, 0) is 0 Å². The highest BCUT2D eigenvalue weighted by Gasteiger charge is 2.47. The molecule has 0 aromatic carbocycles. The topological polar surface area (TPSA) is 82.1 Å². The standard InChI is InChI=1S/C9H13BrO6/c1-4(11)14-7-6(3-10)16-9(13)8(7)15-5(2)12/h6-9,13H,3H2,1-2H3/t6-,7-,8-,9-/m1/s1. The summed E-state index contributed by atoms with van der Waals surface area (Å²) in [5.41, 5.74) is 0. The highest BCUT2D eigenvalue weighted by Crippen LogP contribution is 2.26. The first-order valence-corrected chi connectivity index (χ1v) is 5.81. The molecular weight excluding hydrogens is 284 g/mol. The quantitative estimate of drug-likeness (QED) is 0.581. The van der Waals surface area contributed by atoms with E-state index in [4.69, 9.17) is 14.2 Å². The molecule has 0 aromatic rings. The van der Waals surface area contributed by atoms with Crippen LogP contribution in [0, 0.1) is 0 Å². The van der Waals surface area contributed by atoms with Gasteiger partial charge in [0.25, 0.3) is 0 Å². The molecule has 0 spiro atoms. The molecule has 1 aliphatic rings. The van der Waals surface area contributed by atoms with E-state index in [1.807, 2.05) is 0 Å². The van der Waals surface area contributed by atoms with Crippen LogP contribution >= 0.6 is 15.9 Å². The van der Waals surface area contributed by atoms with Gasteiger partial charge in [0.1, 0.15) is 6.10 Å². The molecule has 0 radical (unpaired) electrons. The maximum absolute atomic E-state index is 10.9. The van der Waals surface area contributed by atoms with Gasteiger partial charge in [-0.15, -0.1) is 0 Å². The zero-order chi connectivity index (χ0) is 12.3. The summed E-state index contributed by atoms with van der Waals surface area (Å²) in [7, 11) is 0. The van der Waals surface area contributed by atoms with Crippen LogP contribution in [0.2, 0.25) is 0 Å². The van der Waals surface area contributed by atoms with E-state index in [2.05, 4.69) is 15.9 Å². The maximum atomic E-state index is 10.9. The monoisotopic (exact) mass is 296 g/mol. The van der Waals surface area contributed by atoms with Crippen LogP contribution in [0.1, 0.15) is 13.8 Å². The van der Waals surface area contributed by atoms with Crippen molar-refractivity contribution in [2.45, 2.75) is 38.4 Å². The fraction of sp³-hybridized carbons (Fsp3) is 0.778. The van der Waals surface area contributed by atoms with Gasteiger partial charge >= 0.3 is 11.9 Å². The number of carbonyl (C=O) groups excluding carboxylic acids is 2. The molecule has 0 aliphatic carbocycles. The lowest BCUT2D eigenvalue weighted by atomic mass is 10.1. The average Bonchev–Trinajstić information content (AvgIpc) is 2.44. The van der Waals surface area contributed by atoms with Crippen LogP contribution in [0.5, 0.6) is 0 Å². The molecule has 1 fully saturated rings. The Morgan fingerprint density at radius 3 is 2.19 bits per heavy atom. The Morgan fingerprint density at radius 1 is 1.25 bits per heavy atom. The second-order valence-electron chi connectivity index (χ2n) is 3.37. The molecule has 0 amide bonds. The van der Waals surface area contributed by atoms with Crippen molar-refractivity contribution >= 4 is 27.9 Å². The summed E-state index contributed by atoms with van der Waals surface area (Å²) in [6.45, 7) is 2.44. The summed E-state index contributed by atoms with van der Waals surface area (Å²) in [4.78, 5) is 21.7. The lowest BCUT2D eigenvalue weighted by Crippen LogP contribution is -2.40. The Kier molecular flexibility index (Phi) is 4.69. The third kappa shape index (κ3) is 3.16. The summed E-state index contributed by atoms with van der Waals surface area (Å²) in [5.74, 6) is -1.09. The number of alkyl halides is 1. The van der Waals surface area contributed by atoms with Crippen molar-refractivity contribution in [3.8, 4) is 0 Å². The normalized spacial score (nSPS) is 33.5. The maximum Gasteiger partial charge on any atom is 0.303 e. The molecule has 1 aliphatic heterocycles. The zero-order valence-electron chi connectivity index (χ0n) is 8.88. The Bertz CT molecular complexity index is 281. The lowest BCUT2D eigenvalue weighted by Gasteiger charge is -2.21. The highest BCUT2D eigenvalue weighted by atomic mass is 79.9. The van der Waals surface area contributed by atoms with Crippen molar-refractivity contribution in [3.05, 3.63) is 0 Å². The van der Waals surface area contributed by atoms with Gasteiger partial charge in [-0.1, -0.05) is 15.9 Å². The molecule has 1 N–H and O–H groups in total. The predicted molar refractivity (Wildman–Crippen MR) is 55.8 cm³/mol.